The number of hydrogen-bond acceptors (Lipinski definition) is 8. The highest BCUT2D eigenvalue weighted by Crippen LogP contribution is 2.38. The fourth-order valence-corrected chi connectivity index (χ4v) is 6.97. The molecule has 0 saturated carbocycles. The number of fused-ring (bicyclic) bond motifs is 3. The van der Waals surface area contributed by atoms with Crippen LogP contribution in [0.4, 0.5) is 0 Å². The molecule has 0 fully saturated rings. The van der Waals surface area contributed by atoms with E-state index < -0.39 is 0 Å². The Labute approximate surface area is 327 Å². The van der Waals surface area contributed by atoms with Crippen LogP contribution in [0.25, 0.3) is 101 Å². The molecule has 8 heteroatoms. The van der Waals surface area contributed by atoms with E-state index in [0.29, 0.717) is 46.1 Å². The van der Waals surface area contributed by atoms with E-state index in [4.69, 9.17) is 34.3 Å². The van der Waals surface area contributed by atoms with Gasteiger partial charge in [-0.15, -0.1) is 0 Å². The Hall–Kier alpha value is -8.15. The Kier molecular flexibility index (Phi) is 8.36. The molecule has 0 amide bonds. The molecule has 266 valence electrons. The van der Waals surface area contributed by atoms with E-state index in [0.717, 1.165) is 60.9 Å². The van der Waals surface area contributed by atoms with Gasteiger partial charge >= 0.3 is 0 Å². The average Bonchev–Trinajstić information content (AvgIpc) is 3.68. The Bertz CT molecular complexity index is 3060. The van der Waals surface area contributed by atoms with Crippen LogP contribution >= 0.6 is 0 Å². The van der Waals surface area contributed by atoms with Crippen LogP contribution in [0.2, 0.25) is 0 Å². The molecule has 57 heavy (non-hydrogen) atoms. The summed E-state index contributed by atoms with van der Waals surface area (Å²) in [5.41, 5.74) is 9.07. The number of para-hydroxylation sites is 1. The van der Waals surface area contributed by atoms with Crippen LogP contribution in [0.3, 0.4) is 0 Å². The lowest BCUT2D eigenvalue weighted by atomic mass is 10.0. The molecule has 0 aliphatic carbocycles. The minimum Gasteiger partial charge on any atom is -0.455 e. The molecule has 0 N–H and O–H groups in total. The van der Waals surface area contributed by atoms with Gasteiger partial charge in [-0.3, -0.25) is 0 Å². The molecule has 10 aromatic rings. The number of aromatic nitrogens is 6. The lowest BCUT2D eigenvalue weighted by Gasteiger charge is -2.09. The van der Waals surface area contributed by atoms with Gasteiger partial charge in [0.25, 0.3) is 0 Å². The fourth-order valence-electron chi connectivity index (χ4n) is 6.97. The highest BCUT2D eigenvalue weighted by atomic mass is 16.3. The van der Waals surface area contributed by atoms with Gasteiger partial charge in [-0.05, 0) is 47.5 Å². The molecular weight excluding hydrogens is 703 g/mol. The van der Waals surface area contributed by atoms with Crippen LogP contribution in [-0.4, -0.2) is 29.9 Å². The molecule has 0 atom stereocenters. The van der Waals surface area contributed by atoms with Crippen LogP contribution in [0.1, 0.15) is 5.56 Å². The maximum atomic E-state index is 9.40. The molecule has 0 aliphatic heterocycles. The number of benzene rings is 7. The third-order valence-corrected chi connectivity index (χ3v) is 9.83. The van der Waals surface area contributed by atoms with Crippen LogP contribution in [0.5, 0.6) is 0 Å². The Morgan fingerprint density at radius 2 is 0.807 bits per heavy atom. The molecule has 8 nitrogen and oxygen atoms in total. The minimum absolute atomic E-state index is 0.519. The largest absolute Gasteiger partial charge is 0.455 e. The molecule has 3 aromatic heterocycles. The van der Waals surface area contributed by atoms with Crippen molar-refractivity contribution in [1.29, 1.82) is 5.26 Å². The molecule has 10 rings (SSSR count). The van der Waals surface area contributed by atoms with E-state index in [9.17, 15) is 5.26 Å². The molecule has 7 aromatic carbocycles. The third-order valence-electron chi connectivity index (χ3n) is 9.83. The Balaban J connectivity index is 1.09. The molecule has 0 saturated heterocycles. The van der Waals surface area contributed by atoms with Gasteiger partial charge in [0.05, 0.1) is 17.2 Å². The SMILES string of the molecule is N#Cc1cccc(-c2ccc(-c3nc(-c4ccccc4)nc(-c4ccc5oc6c(-c7nc(-c8ccccc8)nc(-c8ccccc8)n7)cccc6c5c4)n3)cc2)c1. The van der Waals surface area contributed by atoms with Crippen LogP contribution in [-0.2, 0) is 0 Å². The summed E-state index contributed by atoms with van der Waals surface area (Å²) in [5, 5.41) is 11.2. The molecule has 0 radical (unpaired) electrons. The quantitative estimate of drug-likeness (QED) is 0.159. The molecule has 0 unspecified atom stereocenters. The molecule has 3 heterocycles. The second-order valence-corrected chi connectivity index (χ2v) is 13.5. The van der Waals surface area contributed by atoms with Gasteiger partial charge in [0, 0.05) is 38.6 Å². The number of furan rings is 1. The number of rotatable bonds is 7. The summed E-state index contributed by atoms with van der Waals surface area (Å²) >= 11 is 0. The number of hydrogen-bond donors (Lipinski definition) is 0. The summed E-state index contributed by atoms with van der Waals surface area (Å²) in [4.78, 5) is 29.7. The number of nitriles is 1. The zero-order valence-corrected chi connectivity index (χ0v) is 30.3. The van der Waals surface area contributed by atoms with Crippen molar-refractivity contribution in [2.75, 3.05) is 0 Å². The summed E-state index contributed by atoms with van der Waals surface area (Å²) in [6, 6.07) is 59.7. The first-order valence-electron chi connectivity index (χ1n) is 18.4. The van der Waals surface area contributed by atoms with Gasteiger partial charge in [0.1, 0.15) is 11.2 Å². The fraction of sp³-hybridized carbons (Fsp3) is 0. The monoisotopic (exact) mass is 731 g/mol. The van der Waals surface area contributed by atoms with Gasteiger partial charge in [0.2, 0.25) is 0 Å². The van der Waals surface area contributed by atoms with Crippen LogP contribution in [0, 0.1) is 11.3 Å². The second kappa shape index (κ2) is 14.3. The van der Waals surface area contributed by atoms with E-state index >= 15 is 0 Å². The van der Waals surface area contributed by atoms with Crippen LogP contribution in [0.15, 0.2) is 180 Å². The van der Waals surface area contributed by atoms with E-state index in [-0.39, 0.29) is 0 Å². The van der Waals surface area contributed by atoms with Crippen molar-refractivity contribution < 1.29 is 4.42 Å². The predicted molar refractivity (Wildman–Crippen MR) is 223 cm³/mol. The highest BCUT2D eigenvalue weighted by molar-refractivity contribution is 6.10. The van der Waals surface area contributed by atoms with Gasteiger partial charge in [-0.2, -0.15) is 5.26 Å². The second-order valence-electron chi connectivity index (χ2n) is 13.5. The van der Waals surface area contributed by atoms with Gasteiger partial charge < -0.3 is 4.42 Å². The van der Waals surface area contributed by atoms with E-state index in [1.807, 2.05) is 164 Å². The van der Waals surface area contributed by atoms with E-state index in [1.54, 1.807) is 6.07 Å². The standard InChI is InChI=1S/C49H29N7O/c50-30-31-12-10-19-37(28-31)32-22-24-36(25-23-32)47-51-44(33-13-4-1-5-14-33)53-48(54-47)38-26-27-42-41(29-38)39-20-11-21-40(43(39)57-42)49-55-45(34-15-6-2-7-16-34)52-46(56-49)35-17-8-3-9-18-35/h1-29H. The third kappa shape index (κ3) is 6.45. The number of nitrogens with zero attached hydrogens (tertiary/aromatic N) is 7. The minimum atomic E-state index is 0.519. The summed E-state index contributed by atoms with van der Waals surface area (Å²) < 4.78 is 6.60. The Morgan fingerprint density at radius 3 is 1.37 bits per heavy atom. The maximum absolute atomic E-state index is 9.40. The van der Waals surface area contributed by atoms with Gasteiger partial charge in [0.15, 0.2) is 34.9 Å². The zero-order valence-electron chi connectivity index (χ0n) is 30.3. The lowest BCUT2D eigenvalue weighted by molar-refractivity contribution is 0.669. The van der Waals surface area contributed by atoms with Crippen LogP contribution < -0.4 is 0 Å². The smallest absolute Gasteiger partial charge is 0.167 e. The van der Waals surface area contributed by atoms with E-state index in [2.05, 4.69) is 12.1 Å². The summed E-state index contributed by atoms with van der Waals surface area (Å²) in [6.45, 7) is 0. The van der Waals surface area contributed by atoms with Gasteiger partial charge in [-0.25, -0.2) is 29.9 Å². The first kappa shape index (κ1) is 33.4. The van der Waals surface area contributed by atoms with Crippen molar-refractivity contribution in [3.63, 3.8) is 0 Å². The predicted octanol–water partition coefficient (Wildman–Crippen LogP) is 11.5. The summed E-state index contributed by atoms with van der Waals surface area (Å²) in [6.07, 6.45) is 0. The maximum Gasteiger partial charge on any atom is 0.167 e. The normalized spacial score (nSPS) is 11.1. The molecular formula is C49H29N7O. The first-order chi connectivity index (χ1) is 28.2. The van der Waals surface area contributed by atoms with Crippen molar-refractivity contribution in [2.45, 2.75) is 0 Å². The average molecular weight is 732 g/mol. The lowest BCUT2D eigenvalue weighted by Crippen LogP contribution is -2.00. The van der Waals surface area contributed by atoms with Crippen molar-refractivity contribution >= 4 is 21.9 Å². The first-order valence-corrected chi connectivity index (χ1v) is 18.4. The summed E-state index contributed by atoms with van der Waals surface area (Å²) in [7, 11) is 0. The van der Waals surface area contributed by atoms with Crippen molar-refractivity contribution in [1.82, 2.24) is 29.9 Å². The summed E-state index contributed by atoms with van der Waals surface area (Å²) in [5.74, 6) is 3.34. The molecule has 0 aliphatic rings. The van der Waals surface area contributed by atoms with Crippen molar-refractivity contribution in [2.24, 2.45) is 0 Å². The molecule has 0 bridgehead atoms. The Morgan fingerprint density at radius 1 is 0.351 bits per heavy atom. The molecule has 0 spiro atoms. The van der Waals surface area contributed by atoms with E-state index in [1.165, 1.54) is 0 Å². The van der Waals surface area contributed by atoms with Crippen molar-refractivity contribution in [3.8, 4) is 85.5 Å². The topological polar surface area (TPSA) is 114 Å². The highest BCUT2D eigenvalue weighted by Gasteiger charge is 2.19. The van der Waals surface area contributed by atoms with Gasteiger partial charge in [-0.1, -0.05) is 140 Å². The van der Waals surface area contributed by atoms with Crippen molar-refractivity contribution in [3.05, 3.63) is 181 Å². The zero-order chi connectivity index (χ0) is 38.1.